The van der Waals surface area contributed by atoms with Gasteiger partial charge in [0.2, 0.25) is 0 Å². The highest BCUT2D eigenvalue weighted by Crippen LogP contribution is 2.35. The molecule has 0 atom stereocenters. The zero-order chi connectivity index (χ0) is 19.4. The Bertz CT molecular complexity index is 1080. The van der Waals surface area contributed by atoms with Crippen LogP contribution in [0.3, 0.4) is 0 Å². The van der Waals surface area contributed by atoms with E-state index >= 15 is 0 Å². The number of imidazole rings is 1. The lowest BCUT2D eigenvalue weighted by Gasteiger charge is -2.11. The van der Waals surface area contributed by atoms with E-state index in [1.807, 2.05) is 37.3 Å². The molecule has 0 aliphatic carbocycles. The van der Waals surface area contributed by atoms with Gasteiger partial charge < -0.3 is 14.5 Å². The number of hydrogen-bond donors (Lipinski definition) is 1. The molecule has 136 valence electrons. The van der Waals surface area contributed by atoms with Crippen molar-refractivity contribution >= 4 is 38.6 Å². The minimum atomic E-state index is 0.375. The molecule has 0 bridgehead atoms. The van der Waals surface area contributed by atoms with E-state index < -0.39 is 0 Å². The molecule has 1 N–H and O–H groups in total. The minimum Gasteiger partial charge on any atom is -0.493 e. The SMILES string of the molecule is C=CCOc1cc(Br)c(C=C(C#N)c2nc3ccc(C)cc3[nH]2)cc1OC. The van der Waals surface area contributed by atoms with Crippen molar-refractivity contribution in [1.29, 1.82) is 5.26 Å². The first kappa shape index (κ1) is 18.7. The first-order valence-corrected chi connectivity index (χ1v) is 9.04. The molecular formula is C21H18BrN3O2. The Kier molecular flexibility index (Phi) is 5.63. The van der Waals surface area contributed by atoms with Crippen molar-refractivity contribution in [2.24, 2.45) is 0 Å². The quantitative estimate of drug-likeness (QED) is 0.432. The van der Waals surface area contributed by atoms with E-state index in [-0.39, 0.29) is 0 Å². The molecule has 0 spiro atoms. The summed E-state index contributed by atoms with van der Waals surface area (Å²) in [4.78, 5) is 7.73. The summed E-state index contributed by atoms with van der Waals surface area (Å²) < 4.78 is 11.8. The second kappa shape index (κ2) is 8.11. The van der Waals surface area contributed by atoms with E-state index in [9.17, 15) is 5.26 Å². The summed E-state index contributed by atoms with van der Waals surface area (Å²) in [5, 5.41) is 9.65. The second-order valence-corrected chi connectivity index (χ2v) is 6.75. The van der Waals surface area contributed by atoms with Crippen molar-refractivity contribution in [1.82, 2.24) is 9.97 Å². The highest BCUT2D eigenvalue weighted by Gasteiger charge is 2.12. The molecule has 0 saturated heterocycles. The van der Waals surface area contributed by atoms with Crippen molar-refractivity contribution in [2.75, 3.05) is 13.7 Å². The maximum Gasteiger partial charge on any atom is 0.162 e. The van der Waals surface area contributed by atoms with Gasteiger partial charge in [-0.2, -0.15) is 5.26 Å². The van der Waals surface area contributed by atoms with Crippen LogP contribution >= 0.6 is 15.9 Å². The highest BCUT2D eigenvalue weighted by molar-refractivity contribution is 9.10. The lowest BCUT2D eigenvalue weighted by molar-refractivity contribution is 0.326. The third kappa shape index (κ3) is 4.04. The predicted octanol–water partition coefficient (Wildman–Crippen LogP) is 5.27. The number of allylic oxidation sites excluding steroid dienone is 1. The van der Waals surface area contributed by atoms with Crippen molar-refractivity contribution in [3.8, 4) is 17.6 Å². The van der Waals surface area contributed by atoms with Crippen LogP contribution in [-0.2, 0) is 0 Å². The summed E-state index contributed by atoms with van der Waals surface area (Å²) in [5.74, 6) is 1.69. The maximum atomic E-state index is 9.65. The fourth-order valence-corrected chi connectivity index (χ4v) is 3.08. The van der Waals surface area contributed by atoms with E-state index in [1.54, 1.807) is 19.3 Å². The molecule has 0 saturated carbocycles. The third-order valence-corrected chi connectivity index (χ3v) is 4.64. The van der Waals surface area contributed by atoms with Gasteiger partial charge in [-0.15, -0.1) is 0 Å². The summed E-state index contributed by atoms with van der Waals surface area (Å²) in [6.45, 7) is 6.03. The van der Waals surface area contributed by atoms with Gasteiger partial charge in [-0.1, -0.05) is 34.7 Å². The van der Waals surface area contributed by atoms with Gasteiger partial charge in [0.25, 0.3) is 0 Å². The summed E-state index contributed by atoms with van der Waals surface area (Å²) >= 11 is 3.53. The third-order valence-electron chi connectivity index (χ3n) is 3.95. The van der Waals surface area contributed by atoms with Crippen LogP contribution in [-0.4, -0.2) is 23.7 Å². The van der Waals surface area contributed by atoms with Gasteiger partial charge in [0.05, 0.1) is 23.7 Å². The highest BCUT2D eigenvalue weighted by atomic mass is 79.9. The number of nitriles is 1. The summed E-state index contributed by atoms with van der Waals surface area (Å²) in [5.41, 5.74) is 4.05. The number of aryl methyl sites for hydroxylation is 1. The van der Waals surface area contributed by atoms with Crippen molar-refractivity contribution < 1.29 is 9.47 Å². The maximum absolute atomic E-state index is 9.65. The number of hydrogen-bond acceptors (Lipinski definition) is 4. The minimum absolute atomic E-state index is 0.375. The van der Waals surface area contributed by atoms with Crippen LogP contribution in [0.15, 0.2) is 47.5 Å². The molecule has 0 unspecified atom stereocenters. The van der Waals surface area contributed by atoms with Gasteiger partial charge >= 0.3 is 0 Å². The van der Waals surface area contributed by atoms with Crippen LogP contribution in [0, 0.1) is 18.3 Å². The van der Waals surface area contributed by atoms with Gasteiger partial charge in [-0.05, 0) is 48.4 Å². The molecule has 6 heteroatoms. The zero-order valence-corrected chi connectivity index (χ0v) is 16.6. The van der Waals surface area contributed by atoms with E-state index in [0.717, 1.165) is 26.6 Å². The first-order valence-electron chi connectivity index (χ1n) is 8.25. The monoisotopic (exact) mass is 423 g/mol. The molecule has 1 heterocycles. The van der Waals surface area contributed by atoms with E-state index in [0.29, 0.717) is 29.5 Å². The van der Waals surface area contributed by atoms with Crippen LogP contribution in [0.4, 0.5) is 0 Å². The molecule has 0 aliphatic heterocycles. The molecule has 0 aliphatic rings. The number of nitrogens with one attached hydrogen (secondary N) is 1. The topological polar surface area (TPSA) is 70.9 Å². The number of methoxy groups -OCH3 is 1. The van der Waals surface area contributed by atoms with Crippen LogP contribution in [0.25, 0.3) is 22.7 Å². The van der Waals surface area contributed by atoms with Gasteiger partial charge in [0.15, 0.2) is 11.5 Å². The van der Waals surface area contributed by atoms with Gasteiger partial charge in [-0.3, -0.25) is 0 Å². The standard InChI is InChI=1S/C21H18BrN3O2/c1-4-7-27-20-11-16(22)14(10-19(20)26-3)9-15(12-23)21-24-17-6-5-13(2)8-18(17)25-21/h4-6,8-11H,1,7H2,2-3H3,(H,24,25). The Labute approximate surface area is 166 Å². The van der Waals surface area contributed by atoms with E-state index in [2.05, 4.69) is 38.5 Å². The largest absolute Gasteiger partial charge is 0.493 e. The summed E-state index contributed by atoms with van der Waals surface area (Å²) in [7, 11) is 1.57. The predicted molar refractivity (Wildman–Crippen MR) is 111 cm³/mol. The van der Waals surface area contributed by atoms with Crippen LogP contribution in [0.2, 0.25) is 0 Å². The summed E-state index contributed by atoms with van der Waals surface area (Å²) in [6.07, 6.45) is 3.42. The fourth-order valence-electron chi connectivity index (χ4n) is 2.64. The number of halogens is 1. The van der Waals surface area contributed by atoms with E-state index in [4.69, 9.17) is 9.47 Å². The van der Waals surface area contributed by atoms with Crippen molar-refractivity contribution in [3.05, 3.63) is 64.4 Å². The number of aromatic amines is 1. The molecule has 1 aromatic heterocycles. The molecule has 2 aromatic carbocycles. The molecular weight excluding hydrogens is 406 g/mol. The summed E-state index contributed by atoms with van der Waals surface area (Å²) in [6, 6.07) is 11.8. The van der Waals surface area contributed by atoms with Crippen molar-refractivity contribution in [3.63, 3.8) is 0 Å². The molecule has 3 rings (SSSR count). The zero-order valence-electron chi connectivity index (χ0n) is 15.0. The average molecular weight is 424 g/mol. The number of aromatic nitrogens is 2. The molecule has 0 radical (unpaired) electrons. The number of nitrogens with zero attached hydrogens (tertiary/aromatic N) is 2. The number of fused-ring (bicyclic) bond motifs is 1. The Morgan fingerprint density at radius 3 is 2.85 bits per heavy atom. The normalized spacial score (nSPS) is 11.3. The van der Waals surface area contributed by atoms with Gasteiger partial charge in [0.1, 0.15) is 18.5 Å². The molecule has 0 fully saturated rings. The van der Waals surface area contributed by atoms with Crippen LogP contribution < -0.4 is 9.47 Å². The molecule has 5 nitrogen and oxygen atoms in total. The molecule has 27 heavy (non-hydrogen) atoms. The Hall–Kier alpha value is -3.04. The van der Waals surface area contributed by atoms with Crippen molar-refractivity contribution in [2.45, 2.75) is 6.92 Å². The van der Waals surface area contributed by atoms with E-state index in [1.165, 1.54) is 0 Å². The molecule has 3 aromatic rings. The smallest absolute Gasteiger partial charge is 0.162 e. The average Bonchev–Trinajstić information content (AvgIpc) is 3.08. The lowest BCUT2D eigenvalue weighted by atomic mass is 10.1. The number of rotatable bonds is 6. The van der Waals surface area contributed by atoms with Gasteiger partial charge in [-0.25, -0.2) is 4.98 Å². The van der Waals surface area contributed by atoms with Crippen LogP contribution in [0.5, 0.6) is 11.5 Å². The van der Waals surface area contributed by atoms with Crippen LogP contribution in [0.1, 0.15) is 17.0 Å². The number of benzene rings is 2. The molecule has 0 amide bonds. The Morgan fingerprint density at radius 2 is 2.15 bits per heavy atom. The lowest BCUT2D eigenvalue weighted by Crippen LogP contribution is -1.97. The Balaban J connectivity index is 2.04. The number of H-pyrrole nitrogens is 1. The number of ether oxygens (including phenoxy) is 2. The fraction of sp³-hybridized carbons (Fsp3) is 0.143. The Morgan fingerprint density at radius 1 is 1.33 bits per heavy atom. The van der Waals surface area contributed by atoms with Gasteiger partial charge in [0, 0.05) is 4.47 Å². The second-order valence-electron chi connectivity index (χ2n) is 5.90. The first-order chi connectivity index (χ1) is 13.0.